The molecule has 112 valence electrons. The third kappa shape index (κ3) is 4.19. The maximum absolute atomic E-state index is 5.56. The Morgan fingerprint density at radius 2 is 1.84 bits per heavy atom. The molecule has 0 unspecified atom stereocenters. The SMILES string of the molecule is CC(C)C1CCN(CCC(C)(C)[C@@H]2CCOC2)CC1. The Hall–Kier alpha value is -0.0800. The topological polar surface area (TPSA) is 12.5 Å². The van der Waals surface area contributed by atoms with Crippen LogP contribution in [0.4, 0.5) is 0 Å². The molecule has 0 radical (unpaired) electrons. The van der Waals surface area contributed by atoms with Gasteiger partial charge in [0, 0.05) is 13.2 Å². The quantitative estimate of drug-likeness (QED) is 0.751. The molecule has 2 aliphatic heterocycles. The Kier molecular flexibility index (Phi) is 5.30. The lowest BCUT2D eigenvalue weighted by Gasteiger charge is -2.37. The van der Waals surface area contributed by atoms with Gasteiger partial charge in [-0.05, 0) is 68.5 Å². The van der Waals surface area contributed by atoms with Crippen molar-refractivity contribution in [2.24, 2.45) is 23.2 Å². The molecule has 2 aliphatic rings. The highest BCUT2D eigenvalue weighted by Gasteiger charge is 2.33. The van der Waals surface area contributed by atoms with Gasteiger partial charge in [-0.2, -0.15) is 0 Å². The Labute approximate surface area is 119 Å². The molecular formula is C17H33NO. The predicted octanol–water partition coefficient (Wildman–Crippen LogP) is 3.81. The number of hydrogen-bond donors (Lipinski definition) is 0. The smallest absolute Gasteiger partial charge is 0.0500 e. The summed E-state index contributed by atoms with van der Waals surface area (Å²) in [6.45, 7) is 15.5. The van der Waals surface area contributed by atoms with E-state index >= 15 is 0 Å². The van der Waals surface area contributed by atoms with Crippen molar-refractivity contribution in [2.45, 2.75) is 53.4 Å². The molecule has 0 saturated carbocycles. The van der Waals surface area contributed by atoms with Crippen LogP contribution < -0.4 is 0 Å². The molecule has 2 rings (SSSR count). The third-order valence-electron chi connectivity index (χ3n) is 5.68. The van der Waals surface area contributed by atoms with Crippen LogP contribution in [0.3, 0.4) is 0 Å². The Morgan fingerprint density at radius 3 is 2.37 bits per heavy atom. The highest BCUT2D eigenvalue weighted by atomic mass is 16.5. The van der Waals surface area contributed by atoms with Crippen LogP contribution in [-0.2, 0) is 4.74 Å². The summed E-state index contributed by atoms with van der Waals surface area (Å²) in [5.74, 6) is 2.61. The van der Waals surface area contributed by atoms with Gasteiger partial charge in [-0.1, -0.05) is 27.7 Å². The Morgan fingerprint density at radius 1 is 1.16 bits per heavy atom. The van der Waals surface area contributed by atoms with Crippen molar-refractivity contribution in [1.29, 1.82) is 0 Å². The number of ether oxygens (including phenoxy) is 1. The fourth-order valence-corrected chi connectivity index (χ4v) is 3.64. The molecule has 1 atom stereocenters. The van der Waals surface area contributed by atoms with E-state index in [-0.39, 0.29) is 0 Å². The van der Waals surface area contributed by atoms with Crippen molar-refractivity contribution in [1.82, 2.24) is 4.90 Å². The zero-order chi connectivity index (χ0) is 13.9. The first-order valence-electron chi connectivity index (χ1n) is 8.29. The van der Waals surface area contributed by atoms with Gasteiger partial charge in [0.2, 0.25) is 0 Å². The first-order valence-corrected chi connectivity index (χ1v) is 8.29. The van der Waals surface area contributed by atoms with Gasteiger partial charge < -0.3 is 9.64 Å². The van der Waals surface area contributed by atoms with E-state index in [1.165, 1.54) is 45.3 Å². The van der Waals surface area contributed by atoms with Crippen molar-refractivity contribution < 1.29 is 4.74 Å². The van der Waals surface area contributed by atoms with Crippen LogP contribution in [0.15, 0.2) is 0 Å². The van der Waals surface area contributed by atoms with Gasteiger partial charge >= 0.3 is 0 Å². The van der Waals surface area contributed by atoms with Crippen LogP contribution in [0, 0.1) is 23.2 Å². The van der Waals surface area contributed by atoms with E-state index in [4.69, 9.17) is 4.74 Å². The van der Waals surface area contributed by atoms with E-state index in [1.54, 1.807) is 0 Å². The average molecular weight is 267 g/mol. The van der Waals surface area contributed by atoms with Gasteiger partial charge in [-0.25, -0.2) is 0 Å². The van der Waals surface area contributed by atoms with Gasteiger partial charge in [0.25, 0.3) is 0 Å². The summed E-state index contributed by atoms with van der Waals surface area (Å²) in [5.41, 5.74) is 0.450. The second kappa shape index (κ2) is 6.58. The summed E-state index contributed by atoms with van der Waals surface area (Å²) in [7, 11) is 0. The summed E-state index contributed by atoms with van der Waals surface area (Å²) in [6, 6.07) is 0. The maximum Gasteiger partial charge on any atom is 0.0500 e. The first kappa shape index (κ1) is 15.3. The van der Waals surface area contributed by atoms with Crippen molar-refractivity contribution in [3.05, 3.63) is 0 Å². The molecule has 0 spiro atoms. The molecule has 0 amide bonds. The molecule has 2 nitrogen and oxygen atoms in total. The van der Waals surface area contributed by atoms with Crippen LogP contribution in [0.5, 0.6) is 0 Å². The number of piperidine rings is 1. The van der Waals surface area contributed by atoms with E-state index in [1.807, 2.05) is 0 Å². The fraction of sp³-hybridized carbons (Fsp3) is 1.00. The molecular weight excluding hydrogens is 234 g/mol. The van der Waals surface area contributed by atoms with Gasteiger partial charge in [-0.15, -0.1) is 0 Å². The second-order valence-electron chi connectivity index (χ2n) is 7.72. The predicted molar refractivity (Wildman–Crippen MR) is 81.3 cm³/mol. The summed E-state index contributed by atoms with van der Waals surface area (Å²) in [6.07, 6.45) is 5.41. The van der Waals surface area contributed by atoms with Crippen molar-refractivity contribution >= 4 is 0 Å². The summed E-state index contributed by atoms with van der Waals surface area (Å²) >= 11 is 0. The van der Waals surface area contributed by atoms with E-state index in [0.717, 1.165) is 31.0 Å². The lowest BCUT2D eigenvalue weighted by Crippen LogP contribution is -2.38. The normalized spacial score (nSPS) is 27.3. The largest absolute Gasteiger partial charge is 0.381 e. The lowest BCUT2D eigenvalue weighted by molar-refractivity contribution is 0.104. The molecule has 0 aromatic rings. The van der Waals surface area contributed by atoms with E-state index in [2.05, 4.69) is 32.6 Å². The monoisotopic (exact) mass is 267 g/mol. The average Bonchev–Trinajstić information content (AvgIpc) is 2.91. The van der Waals surface area contributed by atoms with Crippen LogP contribution in [-0.4, -0.2) is 37.7 Å². The number of nitrogens with zero attached hydrogens (tertiary/aromatic N) is 1. The number of hydrogen-bond acceptors (Lipinski definition) is 2. The molecule has 19 heavy (non-hydrogen) atoms. The highest BCUT2D eigenvalue weighted by molar-refractivity contribution is 4.83. The Balaban J connectivity index is 1.71. The molecule has 2 saturated heterocycles. The second-order valence-corrected chi connectivity index (χ2v) is 7.72. The van der Waals surface area contributed by atoms with E-state index in [0.29, 0.717) is 5.41 Å². The van der Waals surface area contributed by atoms with Gasteiger partial charge in [0.15, 0.2) is 0 Å². The number of likely N-dealkylation sites (tertiary alicyclic amines) is 1. The van der Waals surface area contributed by atoms with E-state index in [9.17, 15) is 0 Å². The van der Waals surface area contributed by atoms with Crippen molar-refractivity contribution in [3.8, 4) is 0 Å². The van der Waals surface area contributed by atoms with Gasteiger partial charge in [-0.3, -0.25) is 0 Å². The van der Waals surface area contributed by atoms with Crippen molar-refractivity contribution in [2.75, 3.05) is 32.8 Å². The van der Waals surface area contributed by atoms with Gasteiger partial charge in [0.05, 0.1) is 0 Å². The summed E-state index contributed by atoms with van der Waals surface area (Å²) < 4.78 is 5.56. The zero-order valence-corrected chi connectivity index (χ0v) is 13.5. The first-order chi connectivity index (χ1) is 8.99. The minimum atomic E-state index is 0.450. The fourth-order valence-electron chi connectivity index (χ4n) is 3.64. The van der Waals surface area contributed by atoms with Crippen LogP contribution in [0.1, 0.15) is 53.4 Å². The van der Waals surface area contributed by atoms with E-state index < -0.39 is 0 Å². The molecule has 0 aromatic heterocycles. The van der Waals surface area contributed by atoms with Crippen LogP contribution >= 0.6 is 0 Å². The molecule has 2 fully saturated rings. The van der Waals surface area contributed by atoms with Crippen LogP contribution in [0.2, 0.25) is 0 Å². The Bertz CT molecular complexity index is 260. The zero-order valence-electron chi connectivity index (χ0n) is 13.5. The summed E-state index contributed by atoms with van der Waals surface area (Å²) in [5, 5.41) is 0. The van der Waals surface area contributed by atoms with Crippen LogP contribution in [0.25, 0.3) is 0 Å². The molecule has 2 heteroatoms. The maximum atomic E-state index is 5.56. The lowest BCUT2D eigenvalue weighted by atomic mass is 9.75. The molecule has 0 N–H and O–H groups in total. The summed E-state index contributed by atoms with van der Waals surface area (Å²) in [4.78, 5) is 2.69. The van der Waals surface area contributed by atoms with Crippen molar-refractivity contribution in [3.63, 3.8) is 0 Å². The minimum absolute atomic E-state index is 0.450. The molecule has 0 bridgehead atoms. The highest BCUT2D eigenvalue weighted by Crippen LogP contribution is 2.36. The molecule has 0 aliphatic carbocycles. The number of rotatable bonds is 5. The molecule has 0 aromatic carbocycles. The van der Waals surface area contributed by atoms with Gasteiger partial charge in [0.1, 0.15) is 0 Å². The third-order valence-corrected chi connectivity index (χ3v) is 5.68. The minimum Gasteiger partial charge on any atom is -0.381 e. The standard InChI is InChI=1S/C17H33NO/c1-14(2)15-5-9-18(10-6-15)11-8-17(3,4)16-7-12-19-13-16/h14-16H,5-13H2,1-4H3/t16-/m1/s1. The molecule has 2 heterocycles.